The first-order chi connectivity index (χ1) is 7.53. The molecule has 1 aromatic rings. The Balaban J connectivity index is 3.34. The number of anilines is 1. The predicted octanol–water partition coefficient (Wildman–Crippen LogP) is 2.71. The van der Waals surface area contributed by atoms with Crippen molar-refractivity contribution in [3.63, 3.8) is 0 Å². The van der Waals surface area contributed by atoms with E-state index in [-0.39, 0.29) is 10.7 Å². The van der Waals surface area contributed by atoms with Gasteiger partial charge in [0.05, 0.1) is 10.7 Å². The van der Waals surface area contributed by atoms with Crippen molar-refractivity contribution in [1.82, 2.24) is 0 Å². The molecule has 0 unspecified atom stereocenters. The highest BCUT2D eigenvalue weighted by Crippen LogP contribution is 2.24. The van der Waals surface area contributed by atoms with Gasteiger partial charge in [0, 0.05) is 22.2 Å². The molecular weight excluding hydrogens is 158 g/mol. The van der Waals surface area contributed by atoms with E-state index in [1.165, 1.54) is 12.1 Å². The van der Waals surface area contributed by atoms with Crippen LogP contribution in [0.1, 0.15) is 13.8 Å². The number of benzene rings is 1. The van der Waals surface area contributed by atoms with E-state index in [1.54, 1.807) is 13.0 Å². The Hall–Kier alpha value is -0.690. The normalized spacial score (nSPS) is 20.2. The van der Waals surface area contributed by atoms with Crippen LogP contribution in [0.2, 0.25) is 5.02 Å². The highest BCUT2D eigenvalue weighted by Gasteiger charge is 2.00. The SMILES string of the molecule is [2H]C([2H])([2H])N(c1ccc(C)cc1Cl)C([2H])([2H])[2H]. The van der Waals surface area contributed by atoms with E-state index in [1.807, 2.05) is 0 Å². The maximum atomic E-state index is 7.27. The van der Waals surface area contributed by atoms with E-state index in [4.69, 9.17) is 19.8 Å². The fourth-order valence-electron chi connectivity index (χ4n) is 0.793. The standard InChI is InChI=1S/C9H12ClN/c1-7-4-5-9(11(2)3)8(10)6-7/h4-6H,1-3H3/i2D3,3D3. The molecule has 0 amide bonds. The maximum absolute atomic E-state index is 7.27. The molecule has 0 aliphatic heterocycles. The minimum absolute atomic E-state index is 0.0164. The van der Waals surface area contributed by atoms with Crippen molar-refractivity contribution in [3.8, 4) is 0 Å². The summed E-state index contributed by atoms with van der Waals surface area (Å²) in [6.45, 7) is -3.76. The van der Waals surface area contributed by atoms with Crippen LogP contribution in [-0.2, 0) is 0 Å². The van der Waals surface area contributed by atoms with Gasteiger partial charge in [0.15, 0.2) is 0 Å². The zero-order chi connectivity index (χ0) is 13.4. The molecule has 1 aromatic carbocycles. The molecule has 60 valence electrons. The van der Waals surface area contributed by atoms with Gasteiger partial charge >= 0.3 is 0 Å². The lowest BCUT2D eigenvalue weighted by Crippen LogP contribution is -2.08. The van der Waals surface area contributed by atoms with Crippen LogP contribution in [0.15, 0.2) is 18.2 Å². The second-order valence-corrected chi connectivity index (χ2v) is 2.70. The number of hydrogen-bond donors (Lipinski definition) is 0. The molecule has 0 bridgehead atoms. The first-order valence-corrected chi connectivity index (χ1v) is 3.48. The molecule has 0 atom stereocenters. The smallest absolute Gasteiger partial charge is 0.0642 e. The average molecular weight is 176 g/mol. The Bertz CT molecular complexity index is 397. The largest absolute Gasteiger partial charge is 0.376 e. The Morgan fingerprint density at radius 2 is 2.18 bits per heavy atom. The second-order valence-electron chi connectivity index (χ2n) is 2.29. The number of nitrogens with zero attached hydrogens (tertiary/aromatic N) is 1. The summed E-state index contributed by atoms with van der Waals surface area (Å²) in [5.74, 6) is 0. The summed E-state index contributed by atoms with van der Waals surface area (Å²) in [5, 5.41) is 0.109. The third kappa shape index (κ3) is 1.87. The van der Waals surface area contributed by atoms with Gasteiger partial charge in [-0.2, -0.15) is 0 Å². The molecule has 0 aromatic heterocycles. The van der Waals surface area contributed by atoms with Crippen molar-refractivity contribution < 1.29 is 8.22 Å². The van der Waals surface area contributed by atoms with Crippen molar-refractivity contribution in [2.24, 2.45) is 0 Å². The van der Waals surface area contributed by atoms with Crippen LogP contribution in [0.25, 0.3) is 0 Å². The first-order valence-electron chi connectivity index (χ1n) is 6.10. The van der Waals surface area contributed by atoms with E-state index < -0.39 is 14.0 Å². The zero-order valence-corrected chi connectivity index (χ0v) is 6.81. The Morgan fingerprint density at radius 3 is 2.73 bits per heavy atom. The van der Waals surface area contributed by atoms with Crippen molar-refractivity contribution in [2.75, 3.05) is 18.9 Å². The first kappa shape index (κ1) is 3.36. The minimum atomic E-state index is -2.77. The summed E-state index contributed by atoms with van der Waals surface area (Å²) in [6.07, 6.45) is 0. The van der Waals surface area contributed by atoms with Crippen molar-refractivity contribution in [3.05, 3.63) is 28.8 Å². The van der Waals surface area contributed by atoms with E-state index in [2.05, 4.69) is 0 Å². The number of rotatable bonds is 1. The molecule has 0 saturated carbocycles. The van der Waals surface area contributed by atoms with Gasteiger partial charge in [-0.3, -0.25) is 0 Å². The summed E-state index contributed by atoms with van der Waals surface area (Å²) < 4.78 is 43.6. The Morgan fingerprint density at radius 1 is 1.45 bits per heavy atom. The lowest BCUT2D eigenvalue weighted by atomic mass is 10.2. The number of aryl methyl sites for hydroxylation is 1. The quantitative estimate of drug-likeness (QED) is 0.635. The molecule has 11 heavy (non-hydrogen) atoms. The van der Waals surface area contributed by atoms with Gasteiger partial charge in [-0.25, -0.2) is 0 Å². The van der Waals surface area contributed by atoms with Crippen LogP contribution < -0.4 is 4.90 Å². The van der Waals surface area contributed by atoms with Crippen LogP contribution in [0.5, 0.6) is 0 Å². The molecule has 0 aliphatic rings. The molecule has 0 N–H and O–H groups in total. The summed E-state index contributed by atoms with van der Waals surface area (Å²) >= 11 is 5.89. The molecule has 1 nitrogen and oxygen atoms in total. The highest BCUT2D eigenvalue weighted by molar-refractivity contribution is 6.33. The van der Waals surface area contributed by atoms with Crippen LogP contribution >= 0.6 is 11.6 Å². The van der Waals surface area contributed by atoms with Gasteiger partial charge in [-0.1, -0.05) is 17.7 Å². The summed E-state index contributed by atoms with van der Waals surface area (Å²) in [7, 11) is 0. The van der Waals surface area contributed by atoms with Gasteiger partial charge in [-0.15, -0.1) is 0 Å². The number of halogens is 1. The minimum Gasteiger partial charge on any atom is -0.376 e. The molecule has 0 heterocycles. The summed E-state index contributed by atoms with van der Waals surface area (Å²) in [5.41, 5.74) is 0.812. The third-order valence-electron chi connectivity index (χ3n) is 1.34. The predicted molar refractivity (Wildman–Crippen MR) is 50.5 cm³/mol. The van der Waals surface area contributed by atoms with E-state index in [9.17, 15) is 0 Å². The fraction of sp³-hybridized carbons (Fsp3) is 0.333. The van der Waals surface area contributed by atoms with Gasteiger partial charge < -0.3 is 4.90 Å². The Labute approximate surface area is 81.0 Å². The van der Waals surface area contributed by atoms with E-state index >= 15 is 0 Å². The average Bonchev–Trinajstić information content (AvgIpc) is 2.04. The molecule has 0 spiro atoms. The molecule has 0 saturated heterocycles. The van der Waals surface area contributed by atoms with Crippen LogP contribution in [0, 0.1) is 6.92 Å². The van der Waals surface area contributed by atoms with Gasteiger partial charge in [0.25, 0.3) is 0 Å². The summed E-state index contributed by atoms with van der Waals surface area (Å²) in [4.78, 5) is 0.377. The maximum Gasteiger partial charge on any atom is 0.0642 e. The molecule has 0 aliphatic carbocycles. The number of hydrogen-bond acceptors (Lipinski definition) is 1. The van der Waals surface area contributed by atoms with E-state index in [0.29, 0.717) is 4.90 Å². The highest BCUT2D eigenvalue weighted by atomic mass is 35.5. The topological polar surface area (TPSA) is 3.24 Å². The third-order valence-corrected chi connectivity index (χ3v) is 1.65. The molecule has 0 radical (unpaired) electrons. The molecule has 0 fully saturated rings. The van der Waals surface area contributed by atoms with Crippen molar-refractivity contribution in [1.29, 1.82) is 0 Å². The van der Waals surface area contributed by atoms with Crippen molar-refractivity contribution in [2.45, 2.75) is 6.92 Å². The monoisotopic (exact) mass is 175 g/mol. The zero-order valence-electron chi connectivity index (χ0n) is 12.1. The molecular formula is C9H12ClN. The van der Waals surface area contributed by atoms with Crippen LogP contribution in [0.4, 0.5) is 5.69 Å². The van der Waals surface area contributed by atoms with Gasteiger partial charge in [0.2, 0.25) is 0 Å². The molecule has 1 rings (SSSR count). The van der Waals surface area contributed by atoms with Crippen LogP contribution in [-0.4, -0.2) is 14.0 Å². The van der Waals surface area contributed by atoms with E-state index in [0.717, 1.165) is 5.56 Å². The fourth-order valence-corrected chi connectivity index (χ4v) is 1.11. The van der Waals surface area contributed by atoms with Gasteiger partial charge in [0.1, 0.15) is 0 Å². The van der Waals surface area contributed by atoms with Crippen LogP contribution in [0.3, 0.4) is 0 Å². The summed E-state index contributed by atoms with van der Waals surface area (Å²) in [6, 6.07) is 4.55. The van der Waals surface area contributed by atoms with Crippen molar-refractivity contribution >= 4 is 17.3 Å². The second kappa shape index (κ2) is 3.14. The lowest BCUT2D eigenvalue weighted by molar-refractivity contribution is 1.13. The lowest BCUT2D eigenvalue weighted by Gasteiger charge is -2.14. The molecule has 2 heteroatoms. The Kier molecular flexibility index (Phi) is 0.959. The van der Waals surface area contributed by atoms with Gasteiger partial charge in [-0.05, 0) is 24.6 Å².